The zero-order valence-electron chi connectivity index (χ0n) is 23.0. The third-order valence-corrected chi connectivity index (χ3v) is 9.57. The molecule has 0 saturated carbocycles. The predicted molar refractivity (Wildman–Crippen MR) is 162 cm³/mol. The number of thiophene rings is 1. The van der Waals surface area contributed by atoms with E-state index in [1.54, 1.807) is 30.3 Å². The van der Waals surface area contributed by atoms with Gasteiger partial charge >= 0.3 is 0 Å². The highest BCUT2D eigenvalue weighted by atomic mass is 32.2. The second kappa shape index (κ2) is 12.9. The van der Waals surface area contributed by atoms with E-state index in [4.69, 9.17) is 4.98 Å². The van der Waals surface area contributed by atoms with Crippen LogP contribution in [0.15, 0.2) is 77.5 Å². The second-order valence-electron chi connectivity index (χ2n) is 9.95. The van der Waals surface area contributed by atoms with Gasteiger partial charge in [0.05, 0.1) is 22.4 Å². The van der Waals surface area contributed by atoms with Crippen LogP contribution in [0.5, 0.6) is 0 Å². The van der Waals surface area contributed by atoms with E-state index in [1.165, 1.54) is 29.4 Å². The van der Waals surface area contributed by atoms with Crippen molar-refractivity contribution in [2.75, 3.05) is 20.4 Å². The minimum atomic E-state index is -3.14. The summed E-state index contributed by atoms with van der Waals surface area (Å²) in [7, 11) is 0.284. The normalized spacial score (nSPS) is 13.0. The van der Waals surface area contributed by atoms with Crippen LogP contribution in [0, 0.1) is 0 Å². The number of sulfone groups is 1. The highest BCUT2D eigenvalue weighted by Gasteiger charge is 2.33. The standard InChI is InChI=1S/C30H33N3O4S3/c1-21(34)32(2)27(18-22-9-6-5-7-10-22)30(35)33(3)26(25-19-39-29(31-25)28-11-8-16-38-28)17-23-12-14-24(15-13-23)20-40(4,36)37/h5-16,19,26-27H,17-18,20H2,1-4H3/t26-,27-/m0/s1. The SMILES string of the molecule is CC(=O)N(C)[C@@H](Cc1ccccc1)C(=O)N(C)[C@@H](Cc1ccc(CS(C)(=O)=O)cc1)c1csc(-c2cccs2)n1. The van der Waals surface area contributed by atoms with E-state index in [0.29, 0.717) is 18.4 Å². The molecule has 2 aromatic heterocycles. The van der Waals surface area contributed by atoms with Crippen LogP contribution >= 0.6 is 22.7 Å². The average molecular weight is 596 g/mol. The number of hydrogen-bond acceptors (Lipinski definition) is 7. The van der Waals surface area contributed by atoms with Crippen LogP contribution in [0.3, 0.4) is 0 Å². The first-order valence-electron chi connectivity index (χ1n) is 12.8. The molecule has 4 rings (SSSR count). The minimum Gasteiger partial charge on any atom is -0.335 e. The van der Waals surface area contributed by atoms with Crippen LogP contribution in [-0.4, -0.2) is 61.4 Å². The van der Waals surface area contributed by atoms with E-state index in [0.717, 1.165) is 26.7 Å². The quantitative estimate of drug-likeness (QED) is 0.236. The fourth-order valence-electron chi connectivity index (χ4n) is 4.53. The Morgan fingerprint density at radius 2 is 1.50 bits per heavy atom. The van der Waals surface area contributed by atoms with E-state index in [2.05, 4.69) is 0 Å². The van der Waals surface area contributed by atoms with Gasteiger partial charge in [0.1, 0.15) is 11.0 Å². The van der Waals surface area contributed by atoms with Crippen LogP contribution < -0.4 is 0 Å². The fourth-order valence-corrected chi connectivity index (χ4v) is 7.00. The molecular formula is C30H33N3O4S3. The van der Waals surface area contributed by atoms with Gasteiger partial charge in [0, 0.05) is 39.1 Å². The smallest absolute Gasteiger partial charge is 0.246 e. The number of benzene rings is 2. The van der Waals surface area contributed by atoms with Crippen LogP contribution in [0.4, 0.5) is 0 Å². The third-order valence-electron chi connectivity index (χ3n) is 6.81. The van der Waals surface area contributed by atoms with Crippen molar-refractivity contribution in [1.82, 2.24) is 14.8 Å². The Bertz CT molecular complexity index is 1530. The first-order valence-corrected chi connectivity index (χ1v) is 16.6. The van der Waals surface area contributed by atoms with Crippen molar-refractivity contribution in [2.45, 2.75) is 37.6 Å². The summed E-state index contributed by atoms with van der Waals surface area (Å²) in [6, 6.07) is 20.1. The lowest BCUT2D eigenvalue weighted by atomic mass is 9.99. The molecule has 2 aromatic carbocycles. The number of amides is 2. The van der Waals surface area contributed by atoms with Crippen molar-refractivity contribution < 1.29 is 18.0 Å². The number of nitrogens with zero attached hydrogens (tertiary/aromatic N) is 3. The van der Waals surface area contributed by atoms with Gasteiger partial charge in [0.25, 0.3) is 0 Å². The molecule has 0 fully saturated rings. The molecular weight excluding hydrogens is 563 g/mol. The lowest BCUT2D eigenvalue weighted by molar-refractivity contribution is -0.144. The zero-order chi connectivity index (χ0) is 28.9. The lowest BCUT2D eigenvalue weighted by Crippen LogP contribution is -2.50. The van der Waals surface area contributed by atoms with Gasteiger partial charge in [-0.25, -0.2) is 13.4 Å². The fraction of sp³-hybridized carbons (Fsp3) is 0.300. The second-order valence-corrected chi connectivity index (χ2v) is 13.9. The van der Waals surface area contributed by atoms with Gasteiger partial charge in [-0.15, -0.1) is 22.7 Å². The maximum Gasteiger partial charge on any atom is 0.246 e. The van der Waals surface area contributed by atoms with Gasteiger partial charge in [-0.2, -0.15) is 0 Å². The van der Waals surface area contributed by atoms with E-state index in [1.807, 2.05) is 77.5 Å². The van der Waals surface area contributed by atoms with Gasteiger partial charge in [0.15, 0.2) is 9.84 Å². The summed E-state index contributed by atoms with van der Waals surface area (Å²) in [6.07, 6.45) is 2.09. The van der Waals surface area contributed by atoms with Crippen molar-refractivity contribution >= 4 is 44.3 Å². The molecule has 0 bridgehead atoms. The predicted octanol–water partition coefficient (Wildman–Crippen LogP) is 5.25. The van der Waals surface area contributed by atoms with Crippen molar-refractivity contribution in [3.63, 3.8) is 0 Å². The monoisotopic (exact) mass is 595 g/mol. The first-order chi connectivity index (χ1) is 19.0. The molecule has 0 aliphatic carbocycles. The average Bonchev–Trinajstić information content (AvgIpc) is 3.62. The molecule has 0 saturated heterocycles. The van der Waals surface area contributed by atoms with Crippen molar-refractivity contribution in [1.29, 1.82) is 0 Å². The van der Waals surface area contributed by atoms with E-state index < -0.39 is 21.9 Å². The van der Waals surface area contributed by atoms with Gasteiger partial charge in [0.2, 0.25) is 11.8 Å². The summed E-state index contributed by atoms with van der Waals surface area (Å²) < 4.78 is 23.5. The first kappa shape index (κ1) is 29.6. The maximum absolute atomic E-state index is 14.1. The summed E-state index contributed by atoms with van der Waals surface area (Å²) in [6.45, 7) is 1.47. The number of aromatic nitrogens is 1. The molecule has 0 aliphatic heterocycles. The number of likely N-dealkylation sites (N-methyl/N-ethyl adjacent to an activating group) is 2. The summed E-state index contributed by atoms with van der Waals surface area (Å²) in [5, 5.41) is 4.89. The van der Waals surface area contributed by atoms with E-state index in [9.17, 15) is 18.0 Å². The van der Waals surface area contributed by atoms with Gasteiger partial charge in [-0.1, -0.05) is 60.7 Å². The summed E-state index contributed by atoms with van der Waals surface area (Å²) >= 11 is 3.15. The molecule has 210 valence electrons. The molecule has 2 atom stereocenters. The van der Waals surface area contributed by atoms with Crippen LogP contribution in [0.2, 0.25) is 0 Å². The molecule has 2 amide bonds. The third kappa shape index (κ3) is 7.65. The molecule has 0 N–H and O–H groups in total. The molecule has 0 aliphatic rings. The van der Waals surface area contributed by atoms with E-state index >= 15 is 0 Å². The minimum absolute atomic E-state index is 0.0239. The van der Waals surface area contributed by atoms with Crippen molar-refractivity contribution in [3.8, 4) is 9.88 Å². The van der Waals surface area contributed by atoms with Gasteiger partial charge in [-0.3, -0.25) is 9.59 Å². The Morgan fingerprint density at radius 1 is 0.850 bits per heavy atom. The lowest BCUT2D eigenvalue weighted by Gasteiger charge is -2.34. The summed E-state index contributed by atoms with van der Waals surface area (Å²) in [5.74, 6) is -0.385. The van der Waals surface area contributed by atoms with Crippen LogP contribution in [-0.2, 0) is 38.0 Å². The Kier molecular flexibility index (Phi) is 9.55. The Labute approximate surface area is 244 Å². The highest BCUT2D eigenvalue weighted by Crippen LogP contribution is 2.33. The molecule has 4 aromatic rings. The summed E-state index contributed by atoms with van der Waals surface area (Å²) in [5.41, 5.74) is 3.40. The van der Waals surface area contributed by atoms with Crippen molar-refractivity contribution in [3.05, 3.63) is 99.9 Å². The Balaban J connectivity index is 1.66. The van der Waals surface area contributed by atoms with E-state index in [-0.39, 0.29) is 17.6 Å². The van der Waals surface area contributed by atoms with Gasteiger partial charge in [-0.05, 0) is 34.6 Å². The zero-order valence-corrected chi connectivity index (χ0v) is 25.4. The molecule has 40 heavy (non-hydrogen) atoms. The van der Waals surface area contributed by atoms with Crippen LogP contribution in [0.25, 0.3) is 9.88 Å². The Morgan fingerprint density at radius 3 is 2.10 bits per heavy atom. The molecule has 10 heteroatoms. The number of hydrogen-bond donors (Lipinski definition) is 0. The highest BCUT2D eigenvalue weighted by molar-refractivity contribution is 7.89. The molecule has 7 nitrogen and oxygen atoms in total. The molecule has 0 spiro atoms. The summed E-state index contributed by atoms with van der Waals surface area (Å²) in [4.78, 5) is 35.7. The number of thiazole rings is 1. The van der Waals surface area contributed by atoms with Gasteiger partial charge < -0.3 is 9.80 Å². The number of carbonyl (C=O) groups excluding carboxylic acids is 2. The van der Waals surface area contributed by atoms with Crippen LogP contribution in [0.1, 0.15) is 35.3 Å². The maximum atomic E-state index is 14.1. The topological polar surface area (TPSA) is 87.7 Å². The molecule has 0 radical (unpaired) electrons. The number of rotatable bonds is 11. The largest absolute Gasteiger partial charge is 0.335 e. The molecule has 0 unspecified atom stereocenters. The van der Waals surface area contributed by atoms with Crippen molar-refractivity contribution in [2.24, 2.45) is 0 Å². The molecule has 2 heterocycles. The Hall–Kier alpha value is -3.34. The number of carbonyl (C=O) groups is 2.